The van der Waals surface area contributed by atoms with Crippen LogP contribution in [0.25, 0.3) is 0 Å². The number of rotatable bonds is 3. The third-order valence-corrected chi connectivity index (χ3v) is 4.44. The van der Waals surface area contributed by atoms with Gasteiger partial charge in [0.15, 0.2) is 0 Å². The van der Waals surface area contributed by atoms with Gasteiger partial charge in [-0.3, -0.25) is 4.79 Å². The van der Waals surface area contributed by atoms with Crippen molar-refractivity contribution in [1.29, 1.82) is 0 Å². The molecule has 0 unspecified atom stereocenters. The van der Waals surface area contributed by atoms with Gasteiger partial charge in [0, 0.05) is 19.2 Å². The minimum atomic E-state index is -0.0975. The van der Waals surface area contributed by atoms with Crippen LogP contribution >= 0.6 is 27.3 Å². The van der Waals surface area contributed by atoms with Crippen LogP contribution in [-0.4, -0.2) is 28.8 Å². The molecule has 2 N–H and O–H groups in total. The molecule has 0 saturated carbocycles. The molecule has 1 fully saturated rings. The maximum atomic E-state index is 12.0. The third kappa shape index (κ3) is 2.21. The molecule has 1 aliphatic rings. The van der Waals surface area contributed by atoms with E-state index in [1.54, 1.807) is 12.3 Å². The predicted molar refractivity (Wildman–Crippen MR) is 74.1 cm³/mol. The number of nitrogens with one attached hydrogen (secondary N) is 2. The Morgan fingerprint density at radius 1 is 1.50 bits per heavy atom. The summed E-state index contributed by atoms with van der Waals surface area (Å²) in [6.07, 6.45) is 1.71. The van der Waals surface area contributed by atoms with Crippen LogP contribution in [0.2, 0.25) is 0 Å². The fourth-order valence-corrected chi connectivity index (χ4v) is 3.05. The standard InChI is InChI=1S/C11H11BrN4OS/c12-9-2-1-8(18-9)11(17)15-10-3-4-14-16(10)7-5-13-6-7/h1-4,7,13H,5-6H2,(H,15,17). The summed E-state index contributed by atoms with van der Waals surface area (Å²) in [4.78, 5) is 12.7. The van der Waals surface area contributed by atoms with Gasteiger partial charge < -0.3 is 10.6 Å². The Bertz CT molecular complexity index is 575. The zero-order valence-electron chi connectivity index (χ0n) is 9.39. The average Bonchev–Trinajstić information content (AvgIpc) is 2.86. The van der Waals surface area contributed by atoms with E-state index in [0.717, 1.165) is 22.7 Å². The Morgan fingerprint density at radius 2 is 2.33 bits per heavy atom. The first-order valence-electron chi connectivity index (χ1n) is 5.55. The van der Waals surface area contributed by atoms with Crippen molar-refractivity contribution in [2.24, 2.45) is 0 Å². The lowest BCUT2D eigenvalue weighted by molar-refractivity contribution is 0.102. The SMILES string of the molecule is O=C(Nc1ccnn1C1CNC1)c1ccc(Br)s1. The first-order valence-corrected chi connectivity index (χ1v) is 7.16. The quantitative estimate of drug-likeness (QED) is 0.908. The number of halogens is 1. The van der Waals surface area contributed by atoms with Crippen molar-refractivity contribution < 1.29 is 4.79 Å². The number of nitrogens with zero attached hydrogens (tertiary/aromatic N) is 2. The summed E-state index contributed by atoms with van der Waals surface area (Å²) in [7, 11) is 0. The smallest absolute Gasteiger partial charge is 0.266 e. The van der Waals surface area contributed by atoms with Crippen molar-refractivity contribution in [2.45, 2.75) is 6.04 Å². The van der Waals surface area contributed by atoms with Crippen LogP contribution in [-0.2, 0) is 0 Å². The van der Waals surface area contributed by atoms with Crippen LogP contribution in [0, 0.1) is 0 Å². The van der Waals surface area contributed by atoms with Crippen molar-refractivity contribution in [3.8, 4) is 0 Å². The molecule has 94 valence electrons. The zero-order valence-corrected chi connectivity index (χ0v) is 11.8. The second-order valence-corrected chi connectivity index (χ2v) is 6.49. The van der Waals surface area contributed by atoms with Crippen molar-refractivity contribution in [3.63, 3.8) is 0 Å². The van der Waals surface area contributed by atoms with E-state index in [2.05, 4.69) is 31.7 Å². The molecule has 0 bridgehead atoms. The normalized spacial score (nSPS) is 15.4. The number of hydrogen-bond donors (Lipinski definition) is 2. The van der Waals surface area contributed by atoms with E-state index in [-0.39, 0.29) is 5.91 Å². The summed E-state index contributed by atoms with van der Waals surface area (Å²) in [6, 6.07) is 5.83. The van der Waals surface area contributed by atoms with E-state index in [9.17, 15) is 4.79 Å². The van der Waals surface area contributed by atoms with Gasteiger partial charge >= 0.3 is 0 Å². The lowest BCUT2D eigenvalue weighted by Gasteiger charge is -2.28. The number of hydrogen-bond acceptors (Lipinski definition) is 4. The number of thiophene rings is 1. The first kappa shape index (κ1) is 11.9. The van der Waals surface area contributed by atoms with Crippen molar-refractivity contribution in [3.05, 3.63) is 33.1 Å². The van der Waals surface area contributed by atoms with E-state index in [1.165, 1.54) is 11.3 Å². The Balaban J connectivity index is 1.76. The van der Waals surface area contributed by atoms with Gasteiger partial charge in [0.25, 0.3) is 5.91 Å². The summed E-state index contributed by atoms with van der Waals surface area (Å²) >= 11 is 4.76. The number of carbonyl (C=O) groups is 1. The Morgan fingerprint density at radius 3 is 2.94 bits per heavy atom. The molecule has 2 aromatic heterocycles. The maximum Gasteiger partial charge on any atom is 0.266 e. The number of carbonyl (C=O) groups excluding carboxylic acids is 1. The highest BCUT2D eigenvalue weighted by atomic mass is 79.9. The number of anilines is 1. The highest BCUT2D eigenvalue weighted by Gasteiger charge is 2.22. The summed E-state index contributed by atoms with van der Waals surface area (Å²) < 4.78 is 2.81. The molecule has 18 heavy (non-hydrogen) atoms. The van der Waals surface area contributed by atoms with Gasteiger partial charge in [0.1, 0.15) is 5.82 Å². The minimum Gasteiger partial charge on any atom is -0.312 e. The molecule has 1 amide bonds. The molecule has 3 rings (SSSR count). The lowest BCUT2D eigenvalue weighted by Crippen LogP contribution is -2.44. The molecule has 0 spiro atoms. The molecule has 0 aliphatic carbocycles. The Kier molecular flexibility index (Phi) is 3.19. The van der Waals surface area contributed by atoms with Gasteiger partial charge in [-0.15, -0.1) is 11.3 Å². The molecule has 0 aromatic carbocycles. The van der Waals surface area contributed by atoms with Crippen LogP contribution in [0.15, 0.2) is 28.2 Å². The van der Waals surface area contributed by atoms with Gasteiger partial charge in [-0.05, 0) is 28.1 Å². The Labute approximate surface area is 116 Å². The van der Waals surface area contributed by atoms with E-state index in [4.69, 9.17) is 0 Å². The molecule has 0 atom stereocenters. The van der Waals surface area contributed by atoms with Crippen molar-refractivity contribution >= 4 is 39.0 Å². The van der Waals surface area contributed by atoms with Crippen molar-refractivity contribution in [2.75, 3.05) is 18.4 Å². The highest BCUT2D eigenvalue weighted by Crippen LogP contribution is 2.24. The monoisotopic (exact) mass is 326 g/mol. The van der Waals surface area contributed by atoms with E-state index < -0.39 is 0 Å². The molecular formula is C11H11BrN4OS. The topological polar surface area (TPSA) is 59.0 Å². The molecule has 7 heteroatoms. The van der Waals surface area contributed by atoms with Gasteiger partial charge in [0.05, 0.1) is 20.9 Å². The van der Waals surface area contributed by atoms with Gasteiger partial charge in [0.2, 0.25) is 0 Å². The molecule has 3 heterocycles. The molecule has 5 nitrogen and oxygen atoms in total. The summed E-state index contributed by atoms with van der Waals surface area (Å²) in [6.45, 7) is 1.80. The van der Waals surface area contributed by atoms with Crippen LogP contribution in [0.1, 0.15) is 15.7 Å². The summed E-state index contributed by atoms with van der Waals surface area (Å²) in [5.41, 5.74) is 0. The van der Waals surface area contributed by atoms with E-state index >= 15 is 0 Å². The average molecular weight is 327 g/mol. The van der Waals surface area contributed by atoms with Gasteiger partial charge in [-0.25, -0.2) is 4.68 Å². The number of aromatic nitrogens is 2. The fourth-order valence-electron chi connectivity index (χ4n) is 1.76. The maximum absolute atomic E-state index is 12.0. The first-order chi connectivity index (χ1) is 8.74. The molecule has 0 radical (unpaired) electrons. The molecule has 1 aliphatic heterocycles. The van der Waals surface area contributed by atoms with E-state index in [0.29, 0.717) is 10.9 Å². The van der Waals surface area contributed by atoms with Gasteiger partial charge in [-0.1, -0.05) is 0 Å². The number of amides is 1. The molecule has 1 saturated heterocycles. The van der Waals surface area contributed by atoms with Crippen LogP contribution in [0.5, 0.6) is 0 Å². The van der Waals surface area contributed by atoms with Crippen LogP contribution in [0.4, 0.5) is 5.82 Å². The largest absolute Gasteiger partial charge is 0.312 e. The summed E-state index contributed by atoms with van der Waals surface area (Å²) in [5, 5.41) is 10.3. The summed E-state index contributed by atoms with van der Waals surface area (Å²) in [5.74, 6) is 0.649. The lowest BCUT2D eigenvalue weighted by atomic mass is 10.2. The second kappa shape index (κ2) is 4.83. The molecular weight excluding hydrogens is 316 g/mol. The fraction of sp³-hybridized carbons (Fsp3) is 0.273. The van der Waals surface area contributed by atoms with Crippen LogP contribution in [0.3, 0.4) is 0 Å². The zero-order chi connectivity index (χ0) is 12.5. The Hall–Kier alpha value is -1.18. The minimum absolute atomic E-state index is 0.0975. The van der Waals surface area contributed by atoms with E-state index in [1.807, 2.05) is 16.8 Å². The van der Waals surface area contributed by atoms with Gasteiger partial charge in [-0.2, -0.15) is 5.10 Å². The highest BCUT2D eigenvalue weighted by molar-refractivity contribution is 9.11. The van der Waals surface area contributed by atoms with Crippen LogP contribution < -0.4 is 10.6 Å². The molecule has 2 aromatic rings. The van der Waals surface area contributed by atoms with Crippen molar-refractivity contribution in [1.82, 2.24) is 15.1 Å². The second-order valence-electron chi connectivity index (χ2n) is 4.03. The third-order valence-electron chi connectivity index (χ3n) is 2.81. The predicted octanol–water partition coefficient (Wildman–Crippen LogP) is 2.10.